The molecule has 0 heterocycles. The summed E-state index contributed by atoms with van der Waals surface area (Å²) >= 11 is 0. The number of rotatable bonds is 6. The van der Waals surface area contributed by atoms with Crippen LogP contribution in [0.4, 0.5) is 0 Å². The number of carbonyl (C=O) groups is 1. The molecule has 4 nitrogen and oxygen atoms in total. The molecular formula is C7H16N2O2. The number of hydrogen-bond acceptors (Lipinski definition) is 3. The Bertz CT molecular complexity index is 117. The van der Waals surface area contributed by atoms with Gasteiger partial charge in [-0.3, -0.25) is 4.79 Å². The maximum atomic E-state index is 10.5. The second kappa shape index (κ2) is 6.12. The first kappa shape index (κ1) is 10.4. The molecule has 1 unspecified atom stereocenters. The van der Waals surface area contributed by atoms with Gasteiger partial charge in [-0.2, -0.15) is 0 Å². The van der Waals surface area contributed by atoms with Crippen molar-refractivity contribution in [2.45, 2.75) is 19.4 Å². The van der Waals surface area contributed by atoms with Gasteiger partial charge in [-0.1, -0.05) is 0 Å². The summed E-state index contributed by atoms with van der Waals surface area (Å²) < 4.78 is 4.83. The Morgan fingerprint density at radius 1 is 1.73 bits per heavy atom. The molecule has 0 aliphatic carbocycles. The number of primary amides is 1. The van der Waals surface area contributed by atoms with E-state index in [9.17, 15) is 4.79 Å². The first-order valence-electron chi connectivity index (χ1n) is 3.70. The summed E-state index contributed by atoms with van der Waals surface area (Å²) in [4.78, 5) is 10.5. The van der Waals surface area contributed by atoms with Crippen molar-refractivity contribution in [3.05, 3.63) is 0 Å². The van der Waals surface area contributed by atoms with E-state index in [0.29, 0.717) is 6.61 Å². The zero-order chi connectivity index (χ0) is 8.69. The van der Waals surface area contributed by atoms with Gasteiger partial charge < -0.3 is 15.8 Å². The van der Waals surface area contributed by atoms with E-state index in [-0.39, 0.29) is 11.9 Å². The number of nitrogens with two attached hydrogens (primary N) is 1. The van der Waals surface area contributed by atoms with Gasteiger partial charge in [0.15, 0.2) is 0 Å². The third kappa shape index (κ3) is 5.82. The van der Waals surface area contributed by atoms with Gasteiger partial charge in [-0.15, -0.1) is 0 Å². The predicted molar refractivity (Wildman–Crippen MR) is 43.2 cm³/mol. The van der Waals surface area contributed by atoms with Crippen LogP contribution in [0.5, 0.6) is 0 Å². The Kier molecular flexibility index (Phi) is 5.78. The average Bonchev–Trinajstić information content (AvgIpc) is 1.97. The number of amides is 1. The van der Waals surface area contributed by atoms with E-state index >= 15 is 0 Å². The lowest BCUT2D eigenvalue weighted by molar-refractivity contribution is -0.119. The van der Waals surface area contributed by atoms with Crippen LogP contribution in [-0.4, -0.2) is 32.2 Å². The van der Waals surface area contributed by atoms with Gasteiger partial charge in [-0.05, 0) is 19.9 Å². The molecule has 66 valence electrons. The van der Waals surface area contributed by atoms with Crippen molar-refractivity contribution >= 4 is 5.91 Å². The van der Waals surface area contributed by atoms with Crippen molar-refractivity contribution in [3.8, 4) is 0 Å². The van der Waals surface area contributed by atoms with Crippen LogP contribution in [0.1, 0.15) is 13.3 Å². The van der Waals surface area contributed by atoms with Crippen molar-refractivity contribution in [1.82, 2.24) is 5.32 Å². The van der Waals surface area contributed by atoms with E-state index in [2.05, 4.69) is 5.32 Å². The highest BCUT2D eigenvalue weighted by atomic mass is 16.5. The molecule has 0 saturated carbocycles. The number of nitrogens with one attached hydrogen (secondary N) is 1. The average molecular weight is 160 g/mol. The zero-order valence-corrected chi connectivity index (χ0v) is 7.09. The van der Waals surface area contributed by atoms with E-state index in [1.165, 1.54) is 0 Å². The van der Waals surface area contributed by atoms with Gasteiger partial charge in [0, 0.05) is 13.7 Å². The molecule has 0 fully saturated rings. The third-order valence-corrected chi connectivity index (χ3v) is 1.40. The Hall–Kier alpha value is -0.610. The minimum Gasteiger partial charge on any atom is -0.385 e. The molecule has 0 saturated heterocycles. The Labute approximate surface area is 67.1 Å². The molecule has 0 bridgehead atoms. The van der Waals surface area contributed by atoms with Gasteiger partial charge in [0.25, 0.3) is 0 Å². The maximum Gasteiger partial charge on any atom is 0.234 e. The fourth-order valence-corrected chi connectivity index (χ4v) is 0.636. The lowest BCUT2D eigenvalue weighted by atomic mass is 10.3. The number of hydrogen-bond donors (Lipinski definition) is 2. The molecule has 0 aromatic carbocycles. The summed E-state index contributed by atoms with van der Waals surface area (Å²) in [5.74, 6) is -0.317. The molecule has 3 N–H and O–H groups in total. The largest absolute Gasteiger partial charge is 0.385 e. The van der Waals surface area contributed by atoms with E-state index in [1.807, 2.05) is 0 Å². The lowest BCUT2D eigenvalue weighted by Crippen LogP contribution is -2.39. The number of methoxy groups -OCH3 is 1. The van der Waals surface area contributed by atoms with Crippen LogP contribution in [0.25, 0.3) is 0 Å². The Morgan fingerprint density at radius 2 is 2.36 bits per heavy atom. The fourth-order valence-electron chi connectivity index (χ4n) is 0.636. The van der Waals surface area contributed by atoms with Crippen molar-refractivity contribution in [2.24, 2.45) is 5.73 Å². The molecule has 4 heteroatoms. The van der Waals surface area contributed by atoms with Crippen molar-refractivity contribution < 1.29 is 9.53 Å². The summed E-state index contributed by atoms with van der Waals surface area (Å²) in [6.45, 7) is 3.21. The fraction of sp³-hybridized carbons (Fsp3) is 0.857. The monoisotopic (exact) mass is 160 g/mol. The highest BCUT2D eigenvalue weighted by molar-refractivity contribution is 5.79. The maximum absolute atomic E-state index is 10.5. The van der Waals surface area contributed by atoms with Crippen LogP contribution in [0.2, 0.25) is 0 Å². The topological polar surface area (TPSA) is 64.3 Å². The minimum atomic E-state index is -0.317. The standard InChI is InChI=1S/C7H16N2O2/c1-6(7(8)10)9-4-3-5-11-2/h6,9H,3-5H2,1-2H3,(H2,8,10). The smallest absolute Gasteiger partial charge is 0.234 e. The van der Waals surface area contributed by atoms with Crippen LogP contribution in [-0.2, 0) is 9.53 Å². The molecular weight excluding hydrogens is 144 g/mol. The first-order valence-corrected chi connectivity index (χ1v) is 3.70. The summed E-state index contributed by atoms with van der Waals surface area (Å²) in [7, 11) is 1.65. The van der Waals surface area contributed by atoms with Crippen molar-refractivity contribution in [1.29, 1.82) is 0 Å². The van der Waals surface area contributed by atoms with Gasteiger partial charge in [0.05, 0.1) is 6.04 Å². The van der Waals surface area contributed by atoms with Gasteiger partial charge in [0.1, 0.15) is 0 Å². The van der Waals surface area contributed by atoms with E-state index in [4.69, 9.17) is 10.5 Å². The van der Waals surface area contributed by atoms with Crippen molar-refractivity contribution in [3.63, 3.8) is 0 Å². The van der Waals surface area contributed by atoms with Crippen LogP contribution in [0, 0.1) is 0 Å². The molecule has 0 aliphatic rings. The molecule has 0 aliphatic heterocycles. The predicted octanol–water partition coefficient (Wildman–Crippen LogP) is -0.514. The lowest BCUT2D eigenvalue weighted by Gasteiger charge is -2.08. The highest BCUT2D eigenvalue weighted by Crippen LogP contribution is 1.81. The van der Waals surface area contributed by atoms with Crippen LogP contribution in [0.3, 0.4) is 0 Å². The number of carbonyl (C=O) groups excluding carboxylic acids is 1. The summed E-state index contributed by atoms with van der Waals surface area (Å²) in [6, 6.07) is -0.244. The summed E-state index contributed by atoms with van der Waals surface area (Å²) in [6.07, 6.45) is 0.897. The highest BCUT2D eigenvalue weighted by Gasteiger charge is 2.05. The summed E-state index contributed by atoms with van der Waals surface area (Å²) in [5, 5.41) is 2.96. The van der Waals surface area contributed by atoms with Crippen LogP contribution < -0.4 is 11.1 Å². The molecule has 0 radical (unpaired) electrons. The SMILES string of the molecule is COCCCNC(C)C(N)=O. The molecule has 0 aromatic rings. The van der Waals surface area contributed by atoms with Crippen molar-refractivity contribution in [2.75, 3.05) is 20.3 Å². The molecule has 0 rings (SSSR count). The van der Waals surface area contributed by atoms with E-state index < -0.39 is 0 Å². The molecule has 0 spiro atoms. The number of ether oxygens (including phenoxy) is 1. The van der Waals surface area contributed by atoms with E-state index in [0.717, 1.165) is 13.0 Å². The normalized spacial score (nSPS) is 12.9. The zero-order valence-electron chi connectivity index (χ0n) is 7.09. The second-order valence-electron chi connectivity index (χ2n) is 2.42. The van der Waals surface area contributed by atoms with Gasteiger partial charge >= 0.3 is 0 Å². The van der Waals surface area contributed by atoms with Gasteiger partial charge in [-0.25, -0.2) is 0 Å². The summed E-state index contributed by atoms with van der Waals surface area (Å²) in [5.41, 5.74) is 5.02. The molecule has 11 heavy (non-hydrogen) atoms. The Balaban J connectivity index is 3.17. The molecule has 1 atom stereocenters. The molecule has 1 amide bonds. The minimum absolute atomic E-state index is 0.244. The molecule has 0 aromatic heterocycles. The third-order valence-electron chi connectivity index (χ3n) is 1.40. The first-order chi connectivity index (χ1) is 5.18. The van der Waals surface area contributed by atoms with Crippen LogP contribution >= 0.6 is 0 Å². The second-order valence-corrected chi connectivity index (χ2v) is 2.42. The quantitative estimate of drug-likeness (QED) is 0.514. The van der Waals surface area contributed by atoms with Crippen LogP contribution in [0.15, 0.2) is 0 Å². The van der Waals surface area contributed by atoms with Gasteiger partial charge in [0.2, 0.25) is 5.91 Å². The Morgan fingerprint density at radius 3 is 2.82 bits per heavy atom. The van der Waals surface area contributed by atoms with E-state index in [1.54, 1.807) is 14.0 Å².